The van der Waals surface area contributed by atoms with Gasteiger partial charge in [0.05, 0.1) is 23.9 Å². The van der Waals surface area contributed by atoms with E-state index in [1.54, 1.807) is 11.3 Å². The number of rotatable bonds is 2. The summed E-state index contributed by atoms with van der Waals surface area (Å²) < 4.78 is 2.13. The van der Waals surface area contributed by atoms with E-state index in [1.807, 2.05) is 0 Å². The molecule has 0 spiro atoms. The summed E-state index contributed by atoms with van der Waals surface area (Å²) in [5.74, 6) is 0. The third kappa shape index (κ3) is 2.14. The first-order valence-electron chi connectivity index (χ1n) is 6.95. The number of nitriles is 1. The Morgan fingerprint density at radius 1 is 1.19 bits per heavy atom. The molecule has 3 rings (SSSR count). The number of benzene rings is 1. The Bertz CT molecular complexity index is 878. The van der Waals surface area contributed by atoms with Gasteiger partial charge in [-0.25, -0.2) is 4.98 Å². The second-order valence-corrected chi connectivity index (χ2v) is 6.58. The average molecular weight is 295 g/mol. The number of aryl methyl sites for hydroxylation is 4. The molecule has 0 aliphatic carbocycles. The van der Waals surface area contributed by atoms with Gasteiger partial charge in [-0.2, -0.15) is 5.26 Å². The van der Waals surface area contributed by atoms with Crippen LogP contribution in [0, 0.1) is 39.0 Å². The maximum atomic E-state index is 9.18. The monoisotopic (exact) mass is 295 g/mol. The summed E-state index contributed by atoms with van der Waals surface area (Å²) in [4.78, 5) is 7.01. The van der Waals surface area contributed by atoms with Crippen molar-refractivity contribution in [3.05, 3.63) is 45.6 Å². The van der Waals surface area contributed by atoms with E-state index in [-0.39, 0.29) is 0 Å². The van der Waals surface area contributed by atoms with Crippen LogP contribution in [0.4, 0.5) is 0 Å². The zero-order valence-electron chi connectivity index (χ0n) is 12.7. The van der Waals surface area contributed by atoms with Crippen LogP contribution in [-0.4, -0.2) is 9.38 Å². The molecule has 1 aromatic carbocycles. The van der Waals surface area contributed by atoms with E-state index in [1.165, 1.54) is 21.7 Å². The van der Waals surface area contributed by atoms with Crippen LogP contribution in [0.3, 0.4) is 0 Å². The average Bonchev–Trinajstić information content (AvgIpc) is 2.92. The Morgan fingerprint density at radius 2 is 1.95 bits per heavy atom. The maximum absolute atomic E-state index is 9.18. The lowest BCUT2D eigenvalue weighted by Gasteiger charge is -2.05. The van der Waals surface area contributed by atoms with Gasteiger partial charge in [0, 0.05) is 16.1 Å². The van der Waals surface area contributed by atoms with Crippen LogP contribution >= 0.6 is 11.3 Å². The minimum atomic E-state index is 0.375. The van der Waals surface area contributed by atoms with E-state index in [4.69, 9.17) is 4.98 Å². The van der Waals surface area contributed by atoms with Crippen molar-refractivity contribution >= 4 is 16.3 Å². The highest BCUT2D eigenvalue weighted by Crippen LogP contribution is 2.31. The lowest BCUT2D eigenvalue weighted by Crippen LogP contribution is -1.95. The highest BCUT2D eigenvalue weighted by Gasteiger charge is 2.18. The molecule has 0 N–H and O–H groups in total. The Hall–Kier alpha value is -2.12. The van der Waals surface area contributed by atoms with Crippen molar-refractivity contribution in [3.63, 3.8) is 0 Å². The van der Waals surface area contributed by atoms with Gasteiger partial charge in [-0.3, -0.25) is 4.40 Å². The van der Waals surface area contributed by atoms with Crippen molar-refractivity contribution in [1.29, 1.82) is 5.26 Å². The number of aromatic nitrogens is 2. The molecule has 0 bridgehead atoms. The molecule has 0 atom stereocenters. The van der Waals surface area contributed by atoms with Crippen molar-refractivity contribution in [1.82, 2.24) is 9.38 Å². The molecule has 3 nitrogen and oxygen atoms in total. The van der Waals surface area contributed by atoms with Gasteiger partial charge in [0.1, 0.15) is 0 Å². The van der Waals surface area contributed by atoms with Crippen LogP contribution in [0.2, 0.25) is 0 Å². The lowest BCUT2D eigenvalue weighted by molar-refractivity contribution is 1.02. The second-order valence-electron chi connectivity index (χ2n) is 5.40. The summed E-state index contributed by atoms with van der Waals surface area (Å²) in [7, 11) is 0. The topological polar surface area (TPSA) is 41.1 Å². The largest absolute Gasteiger partial charge is 0.290 e. The highest BCUT2D eigenvalue weighted by molar-refractivity contribution is 7.17. The molecule has 4 heteroatoms. The number of imidazole rings is 1. The van der Waals surface area contributed by atoms with Crippen LogP contribution in [0.25, 0.3) is 16.2 Å². The summed E-state index contributed by atoms with van der Waals surface area (Å²) in [6.07, 6.45) is 0.375. The molecule has 0 radical (unpaired) electrons. The smallest absolute Gasteiger partial charge is 0.194 e. The van der Waals surface area contributed by atoms with Crippen molar-refractivity contribution in [2.45, 2.75) is 34.1 Å². The SMILES string of the molecule is Cc1ccc(-c2nc3sc(C)c(C)n3c2CC#N)cc1C. The number of nitrogens with zero attached hydrogens (tertiary/aromatic N) is 3. The highest BCUT2D eigenvalue weighted by atomic mass is 32.1. The lowest BCUT2D eigenvalue weighted by atomic mass is 10.0. The van der Waals surface area contributed by atoms with Gasteiger partial charge in [0.15, 0.2) is 4.96 Å². The summed E-state index contributed by atoms with van der Waals surface area (Å²) in [6.45, 7) is 8.40. The zero-order chi connectivity index (χ0) is 15.1. The minimum Gasteiger partial charge on any atom is -0.290 e. The minimum absolute atomic E-state index is 0.375. The third-order valence-corrected chi connectivity index (χ3v) is 5.12. The third-order valence-electron chi connectivity index (χ3n) is 4.06. The van der Waals surface area contributed by atoms with Crippen LogP contribution in [0.15, 0.2) is 18.2 Å². The van der Waals surface area contributed by atoms with E-state index in [2.05, 4.69) is 56.4 Å². The molecule has 0 aliphatic rings. The van der Waals surface area contributed by atoms with Crippen LogP contribution in [0.1, 0.15) is 27.4 Å². The number of hydrogen-bond donors (Lipinski definition) is 0. The molecule has 0 unspecified atom stereocenters. The molecule has 21 heavy (non-hydrogen) atoms. The van der Waals surface area contributed by atoms with Gasteiger partial charge in [0.2, 0.25) is 0 Å². The molecule has 106 valence electrons. The fourth-order valence-corrected chi connectivity index (χ4v) is 3.56. The van der Waals surface area contributed by atoms with Crippen LogP contribution in [-0.2, 0) is 6.42 Å². The number of hydrogen-bond acceptors (Lipinski definition) is 3. The van der Waals surface area contributed by atoms with Crippen molar-refractivity contribution in [3.8, 4) is 17.3 Å². The quantitative estimate of drug-likeness (QED) is 0.704. The number of thiazole rings is 1. The van der Waals surface area contributed by atoms with Gasteiger partial charge < -0.3 is 0 Å². The van der Waals surface area contributed by atoms with E-state index in [0.717, 1.165) is 21.9 Å². The first kappa shape index (κ1) is 13.8. The molecule has 2 aromatic heterocycles. The molecule has 0 saturated carbocycles. The van der Waals surface area contributed by atoms with Crippen LogP contribution < -0.4 is 0 Å². The Kier molecular flexibility index (Phi) is 3.30. The summed E-state index contributed by atoms with van der Waals surface area (Å²) in [5, 5.41) is 9.18. The van der Waals surface area contributed by atoms with Crippen molar-refractivity contribution in [2.75, 3.05) is 0 Å². The van der Waals surface area contributed by atoms with Gasteiger partial charge in [0.25, 0.3) is 0 Å². The predicted octanol–water partition coefficient (Wildman–Crippen LogP) is 4.36. The fourth-order valence-electron chi connectivity index (χ4n) is 2.57. The molecule has 0 amide bonds. The predicted molar refractivity (Wildman–Crippen MR) is 86.8 cm³/mol. The molecule has 0 fully saturated rings. The Balaban J connectivity index is 2.29. The van der Waals surface area contributed by atoms with Gasteiger partial charge in [-0.15, -0.1) is 11.3 Å². The van der Waals surface area contributed by atoms with Gasteiger partial charge in [-0.1, -0.05) is 12.1 Å². The first-order chi connectivity index (χ1) is 10.0. The van der Waals surface area contributed by atoms with E-state index in [9.17, 15) is 5.26 Å². The van der Waals surface area contributed by atoms with E-state index >= 15 is 0 Å². The second kappa shape index (κ2) is 5.01. The summed E-state index contributed by atoms with van der Waals surface area (Å²) >= 11 is 1.68. The molecule has 0 aliphatic heterocycles. The molecule has 3 aromatic rings. The maximum Gasteiger partial charge on any atom is 0.194 e. The van der Waals surface area contributed by atoms with Crippen molar-refractivity contribution in [2.24, 2.45) is 0 Å². The van der Waals surface area contributed by atoms with Gasteiger partial charge >= 0.3 is 0 Å². The standard InChI is InChI=1S/C17H17N3S/c1-10-5-6-14(9-11(10)2)16-15(7-8-18)20-12(3)13(4)21-17(20)19-16/h5-6,9H,7H2,1-4H3. The number of fused-ring (bicyclic) bond motifs is 1. The van der Waals surface area contributed by atoms with Crippen LogP contribution in [0.5, 0.6) is 0 Å². The molecule has 2 heterocycles. The Morgan fingerprint density at radius 3 is 2.62 bits per heavy atom. The Labute approximate surface area is 128 Å². The van der Waals surface area contributed by atoms with E-state index in [0.29, 0.717) is 6.42 Å². The molecule has 0 saturated heterocycles. The summed E-state index contributed by atoms with van der Waals surface area (Å²) in [6, 6.07) is 8.65. The zero-order valence-corrected chi connectivity index (χ0v) is 13.5. The fraction of sp³-hybridized carbons (Fsp3) is 0.294. The van der Waals surface area contributed by atoms with E-state index < -0.39 is 0 Å². The van der Waals surface area contributed by atoms with Crippen molar-refractivity contribution < 1.29 is 0 Å². The molecular weight excluding hydrogens is 278 g/mol. The molecular formula is C17H17N3S. The first-order valence-corrected chi connectivity index (χ1v) is 7.76. The normalized spacial score (nSPS) is 11.0. The van der Waals surface area contributed by atoms with Gasteiger partial charge in [-0.05, 0) is 44.9 Å². The summed E-state index contributed by atoms with van der Waals surface area (Å²) in [5.41, 5.74) is 6.74.